The van der Waals surface area contributed by atoms with Crippen LogP contribution < -0.4 is 10.5 Å². The lowest BCUT2D eigenvalue weighted by atomic mass is 10.0. The van der Waals surface area contributed by atoms with Crippen LogP contribution in [0.2, 0.25) is 0 Å². The summed E-state index contributed by atoms with van der Waals surface area (Å²) in [5, 5.41) is 0. The maximum absolute atomic E-state index is 6.19. The first-order valence-electron chi connectivity index (χ1n) is 7.27. The van der Waals surface area contributed by atoms with Crippen LogP contribution in [0, 0.1) is 0 Å². The minimum atomic E-state index is -0.163. The lowest BCUT2D eigenvalue weighted by Crippen LogP contribution is -2.27. The van der Waals surface area contributed by atoms with Crippen molar-refractivity contribution >= 4 is 0 Å². The van der Waals surface area contributed by atoms with E-state index in [2.05, 4.69) is 0 Å². The van der Waals surface area contributed by atoms with Gasteiger partial charge in [-0.25, -0.2) is 0 Å². The minimum absolute atomic E-state index is 0.0685. The second kappa shape index (κ2) is 10.6. The van der Waals surface area contributed by atoms with Crippen molar-refractivity contribution in [2.75, 3.05) is 40.6 Å². The Kier molecular flexibility index (Phi) is 9.01. The van der Waals surface area contributed by atoms with Crippen LogP contribution in [-0.4, -0.2) is 46.8 Å². The largest absolute Gasteiger partial charge is 0.497 e. The molecular formula is C16H27NO4. The van der Waals surface area contributed by atoms with Crippen molar-refractivity contribution in [3.8, 4) is 5.75 Å². The Bertz CT molecular complexity index is 369. The molecule has 5 nitrogen and oxygen atoms in total. The number of rotatable bonds is 11. The first kappa shape index (κ1) is 17.9. The molecular weight excluding hydrogens is 270 g/mol. The van der Waals surface area contributed by atoms with Gasteiger partial charge in [-0.15, -0.1) is 0 Å². The van der Waals surface area contributed by atoms with E-state index in [9.17, 15) is 0 Å². The maximum Gasteiger partial charge on any atom is 0.118 e. The van der Waals surface area contributed by atoms with Crippen molar-refractivity contribution in [1.82, 2.24) is 0 Å². The van der Waals surface area contributed by atoms with Gasteiger partial charge in [-0.05, 0) is 31.0 Å². The summed E-state index contributed by atoms with van der Waals surface area (Å²) in [6, 6.07) is 7.57. The monoisotopic (exact) mass is 297 g/mol. The zero-order chi connectivity index (χ0) is 15.5. The highest BCUT2D eigenvalue weighted by Crippen LogP contribution is 2.19. The average Bonchev–Trinajstić information content (AvgIpc) is 2.53. The van der Waals surface area contributed by atoms with E-state index in [1.54, 1.807) is 14.2 Å². The molecule has 1 aromatic carbocycles. The van der Waals surface area contributed by atoms with Crippen molar-refractivity contribution in [2.24, 2.45) is 5.73 Å². The fourth-order valence-electron chi connectivity index (χ4n) is 1.90. The fourth-order valence-corrected chi connectivity index (χ4v) is 1.90. The van der Waals surface area contributed by atoms with Gasteiger partial charge in [0.15, 0.2) is 0 Å². The topological polar surface area (TPSA) is 62.9 Å². The molecule has 0 saturated carbocycles. The van der Waals surface area contributed by atoms with Crippen LogP contribution in [0.3, 0.4) is 0 Å². The number of ether oxygens (including phenoxy) is 4. The van der Waals surface area contributed by atoms with E-state index in [-0.39, 0.29) is 12.1 Å². The molecule has 5 heteroatoms. The molecule has 2 N–H and O–H groups in total. The number of benzene rings is 1. The number of methoxy groups -OCH3 is 2. The summed E-state index contributed by atoms with van der Waals surface area (Å²) in [5.41, 5.74) is 7.22. The van der Waals surface area contributed by atoms with Crippen LogP contribution in [0.15, 0.2) is 24.3 Å². The molecule has 0 bridgehead atoms. The van der Waals surface area contributed by atoms with Gasteiger partial charge in [0.2, 0.25) is 0 Å². The smallest absolute Gasteiger partial charge is 0.118 e. The molecule has 0 aliphatic rings. The predicted octanol–water partition coefficient (Wildman–Crippen LogP) is 2.15. The molecule has 1 aromatic rings. The number of nitrogens with two attached hydrogens (primary N) is 1. The Hall–Kier alpha value is -1.14. The molecule has 21 heavy (non-hydrogen) atoms. The van der Waals surface area contributed by atoms with Gasteiger partial charge in [-0.1, -0.05) is 12.1 Å². The van der Waals surface area contributed by atoms with Gasteiger partial charge < -0.3 is 24.7 Å². The van der Waals surface area contributed by atoms with E-state index in [0.29, 0.717) is 19.8 Å². The molecule has 2 atom stereocenters. The first-order valence-corrected chi connectivity index (χ1v) is 7.27. The number of hydrogen-bond acceptors (Lipinski definition) is 5. The molecule has 0 radical (unpaired) electrons. The third-order valence-electron chi connectivity index (χ3n) is 3.25. The van der Waals surface area contributed by atoms with Gasteiger partial charge >= 0.3 is 0 Å². The van der Waals surface area contributed by atoms with Crippen LogP contribution in [0.5, 0.6) is 5.75 Å². The highest BCUT2D eigenvalue weighted by atomic mass is 16.5. The zero-order valence-electron chi connectivity index (χ0n) is 13.2. The molecule has 0 saturated heterocycles. The molecule has 0 aromatic heterocycles. The van der Waals surface area contributed by atoms with E-state index in [1.165, 1.54) is 0 Å². The molecule has 0 heterocycles. The quantitative estimate of drug-likeness (QED) is 0.634. The molecule has 0 aliphatic heterocycles. The van der Waals surface area contributed by atoms with Crippen molar-refractivity contribution in [3.63, 3.8) is 0 Å². The average molecular weight is 297 g/mol. The van der Waals surface area contributed by atoms with E-state index in [1.807, 2.05) is 31.2 Å². The van der Waals surface area contributed by atoms with Crippen LogP contribution in [0.25, 0.3) is 0 Å². The molecule has 0 fully saturated rings. The summed E-state index contributed by atoms with van der Waals surface area (Å²) >= 11 is 0. The van der Waals surface area contributed by atoms with Gasteiger partial charge in [-0.2, -0.15) is 0 Å². The van der Waals surface area contributed by atoms with Gasteiger partial charge in [0.05, 0.1) is 32.5 Å². The van der Waals surface area contributed by atoms with Crippen LogP contribution in [0.4, 0.5) is 0 Å². The highest BCUT2D eigenvalue weighted by Gasteiger charge is 2.15. The van der Waals surface area contributed by atoms with E-state index in [0.717, 1.165) is 24.3 Å². The van der Waals surface area contributed by atoms with Crippen molar-refractivity contribution < 1.29 is 18.9 Å². The Labute approximate surface area is 127 Å². The zero-order valence-corrected chi connectivity index (χ0v) is 13.2. The lowest BCUT2D eigenvalue weighted by molar-refractivity contribution is -0.00117. The van der Waals surface area contributed by atoms with Crippen LogP contribution in [-0.2, 0) is 14.2 Å². The second-order valence-electron chi connectivity index (χ2n) is 4.83. The molecule has 1 rings (SSSR count). The minimum Gasteiger partial charge on any atom is -0.497 e. The summed E-state index contributed by atoms with van der Waals surface area (Å²) in [5.74, 6) is 0.823. The van der Waals surface area contributed by atoms with E-state index < -0.39 is 0 Å². The van der Waals surface area contributed by atoms with Gasteiger partial charge in [0.1, 0.15) is 5.75 Å². The van der Waals surface area contributed by atoms with Crippen molar-refractivity contribution in [3.05, 3.63) is 29.8 Å². The second-order valence-corrected chi connectivity index (χ2v) is 4.83. The summed E-state index contributed by atoms with van der Waals surface area (Å²) < 4.78 is 21.2. The van der Waals surface area contributed by atoms with Crippen LogP contribution in [0.1, 0.15) is 24.9 Å². The van der Waals surface area contributed by atoms with Gasteiger partial charge in [0, 0.05) is 20.3 Å². The normalized spacial score (nSPS) is 13.9. The molecule has 2 unspecified atom stereocenters. The first-order chi connectivity index (χ1) is 10.2. The summed E-state index contributed by atoms with van der Waals surface area (Å²) in [6.45, 7) is 4.50. The highest BCUT2D eigenvalue weighted by molar-refractivity contribution is 5.29. The lowest BCUT2D eigenvalue weighted by Gasteiger charge is -2.21. The maximum atomic E-state index is 6.19. The molecule has 0 spiro atoms. The standard InChI is InChI=1S/C16H27NO4/c1-13(21-12-11-20-10-4-9-18-2)16(17)14-5-7-15(19-3)8-6-14/h5-8,13,16H,4,9-12,17H2,1-3H3. The Morgan fingerprint density at radius 2 is 1.71 bits per heavy atom. The Morgan fingerprint density at radius 3 is 2.33 bits per heavy atom. The third-order valence-corrected chi connectivity index (χ3v) is 3.25. The SMILES string of the molecule is COCCCOCCOC(C)C(N)c1ccc(OC)cc1. The third kappa shape index (κ3) is 6.91. The Morgan fingerprint density at radius 1 is 1.00 bits per heavy atom. The fraction of sp³-hybridized carbons (Fsp3) is 0.625. The molecule has 0 amide bonds. The summed E-state index contributed by atoms with van der Waals surface area (Å²) in [6.07, 6.45) is 0.832. The van der Waals surface area contributed by atoms with E-state index >= 15 is 0 Å². The van der Waals surface area contributed by atoms with Gasteiger partial charge in [0.25, 0.3) is 0 Å². The summed E-state index contributed by atoms with van der Waals surface area (Å²) in [4.78, 5) is 0. The molecule has 0 aliphatic carbocycles. The van der Waals surface area contributed by atoms with Crippen molar-refractivity contribution in [2.45, 2.75) is 25.5 Å². The van der Waals surface area contributed by atoms with Crippen molar-refractivity contribution in [1.29, 1.82) is 0 Å². The summed E-state index contributed by atoms with van der Waals surface area (Å²) in [7, 11) is 3.33. The van der Waals surface area contributed by atoms with E-state index in [4.69, 9.17) is 24.7 Å². The van der Waals surface area contributed by atoms with Gasteiger partial charge in [-0.3, -0.25) is 0 Å². The van der Waals surface area contributed by atoms with Crippen LogP contribution >= 0.6 is 0 Å². The molecule has 120 valence electrons. The number of hydrogen-bond donors (Lipinski definition) is 1. The predicted molar refractivity (Wildman–Crippen MR) is 82.6 cm³/mol. The Balaban J connectivity index is 2.22.